The van der Waals surface area contributed by atoms with Crippen molar-refractivity contribution in [2.75, 3.05) is 31.7 Å². The summed E-state index contributed by atoms with van der Waals surface area (Å²) in [4.78, 5) is 30.3. The summed E-state index contributed by atoms with van der Waals surface area (Å²) in [5.74, 6) is 1.62. The van der Waals surface area contributed by atoms with E-state index in [4.69, 9.17) is 9.47 Å². The molecule has 32 heavy (non-hydrogen) atoms. The van der Waals surface area contributed by atoms with Gasteiger partial charge in [-0.15, -0.1) is 0 Å². The monoisotopic (exact) mass is 439 g/mol. The lowest BCUT2D eigenvalue weighted by Gasteiger charge is -2.36. The molecule has 1 fully saturated rings. The molecule has 0 spiro atoms. The molecule has 2 N–H and O–H groups in total. The number of pyridine rings is 1. The Morgan fingerprint density at radius 2 is 1.97 bits per heavy atom. The van der Waals surface area contributed by atoms with Crippen molar-refractivity contribution >= 4 is 17.7 Å². The Morgan fingerprint density at radius 1 is 1.16 bits per heavy atom. The normalized spacial score (nSPS) is 16.6. The van der Waals surface area contributed by atoms with Gasteiger partial charge in [0.25, 0.3) is 0 Å². The average molecular weight is 440 g/mol. The molecule has 1 amide bonds. The van der Waals surface area contributed by atoms with Crippen LogP contribution in [-0.2, 0) is 9.59 Å². The van der Waals surface area contributed by atoms with Crippen LogP contribution in [0.5, 0.6) is 11.5 Å². The average Bonchev–Trinajstić information content (AvgIpc) is 3.29. The number of ether oxygens (including phenoxy) is 2. The second kappa shape index (κ2) is 10.3. The molecule has 1 unspecified atom stereocenters. The van der Waals surface area contributed by atoms with Gasteiger partial charge in [-0.25, -0.2) is 4.98 Å². The van der Waals surface area contributed by atoms with Gasteiger partial charge in [-0.1, -0.05) is 12.1 Å². The number of carboxylic acids is 1. The fourth-order valence-corrected chi connectivity index (χ4v) is 4.52. The number of benzene rings is 1. The number of fused-ring (bicyclic) bond motifs is 1. The van der Waals surface area contributed by atoms with Crippen LogP contribution in [0, 0.1) is 5.92 Å². The van der Waals surface area contributed by atoms with Gasteiger partial charge in [0, 0.05) is 32.3 Å². The van der Waals surface area contributed by atoms with Crippen LogP contribution in [0.4, 0.5) is 5.82 Å². The van der Waals surface area contributed by atoms with Crippen LogP contribution in [0.15, 0.2) is 42.6 Å². The van der Waals surface area contributed by atoms with Gasteiger partial charge in [-0.3, -0.25) is 9.59 Å². The summed E-state index contributed by atoms with van der Waals surface area (Å²) in [6.45, 7) is 2.22. The summed E-state index contributed by atoms with van der Waals surface area (Å²) < 4.78 is 10.8. The van der Waals surface area contributed by atoms with Crippen LogP contribution in [0.1, 0.15) is 43.6 Å². The number of aromatic nitrogens is 1. The predicted octanol–water partition coefficient (Wildman–Crippen LogP) is 3.50. The zero-order chi connectivity index (χ0) is 22.3. The molecule has 2 aromatic rings. The van der Waals surface area contributed by atoms with Crippen LogP contribution >= 0.6 is 0 Å². The van der Waals surface area contributed by atoms with Gasteiger partial charge in [0.2, 0.25) is 12.7 Å². The topological polar surface area (TPSA) is 101 Å². The van der Waals surface area contributed by atoms with Crippen LogP contribution in [-0.4, -0.2) is 53.3 Å². The zero-order valence-corrected chi connectivity index (χ0v) is 18.0. The van der Waals surface area contributed by atoms with E-state index in [2.05, 4.69) is 10.3 Å². The number of rotatable bonds is 9. The molecular weight excluding hydrogens is 410 g/mol. The molecule has 8 heteroatoms. The molecule has 0 bridgehead atoms. The summed E-state index contributed by atoms with van der Waals surface area (Å²) in [6, 6.07) is 11.4. The zero-order valence-electron chi connectivity index (χ0n) is 18.0. The minimum absolute atomic E-state index is 0.0669. The Hall–Kier alpha value is -3.29. The van der Waals surface area contributed by atoms with E-state index in [0.29, 0.717) is 37.6 Å². The number of amides is 1. The Labute approximate surface area is 187 Å². The van der Waals surface area contributed by atoms with E-state index in [-0.39, 0.29) is 31.0 Å². The Balaban J connectivity index is 1.28. The molecule has 0 saturated carbocycles. The molecule has 4 rings (SSSR count). The first-order valence-electron chi connectivity index (χ1n) is 11.1. The van der Waals surface area contributed by atoms with Crippen LogP contribution in [0.3, 0.4) is 0 Å². The highest BCUT2D eigenvalue weighted by molar-refractivity contribution is 5.76. The van der Waals surface area contributed by atoms with Crippen molar-refractivity contribution in [3.05, 3.63) is 48.2 Å². The third-order valence-corrected chi connectivity index (χ3v) is 6.22. The van der Waals surface area contributed by atoms with Gasteiger partial charge in [-0.05, 0) is 60.9 Å². The number of anilines is 1. The quantitative estimate of drug-likeness (QED) is 0.577. The summed E-state index contributed by atoms with van der Waals surface area (Å²) in [6.07, 6.45) is 4.63. The van der Waals surface area contributed by atoms with Gasteiger partial charge >= 0.3 is 5.97 Å². The number of nitrogens with zero attached hydrogens (tertiary/aromatic N) is 2. The second-order valence-corrected chi connectivity index (χ2v) is 8.28. The number of hydrogen-bond acceptors (Lipinski definition) is 6. The number of carboxylic acid groups (broad SMARTS) is 1. The van der Waals surface area contributed by atoms with Gasteiger partial charge in [0.05, 0.1) is 6.42 Å². The third-order valence-electron chi connectivity index (χ3n) is 6.22. The maximum absolute atomic E-state index is 12.6. The fourth-order valence-electron chi connectivity index (χ4n) is 4.52. The minimum Gasteiger partial charge on any atom is -0.481 e. The summed E-state index contributed by atoms with van der Waals surface area (Å²) in [7, 11) is 0. The Kier molecular flexibility index (Phi) is 7.09. The molecule has 1 aromatic carbocycles. The molecular formula is C24H29N3O5. The van der Waals surface area contributed by atoms with E-state index in [1.807, 2.05) is 41.3 Å². The maximum Gasteiger partial charge on any atom is 0.303 e. The van der Waals surface area contributed by atoms with E-state index in [1.54, 1.807) is 6.20 Å². The molecule has 8 nitrogen and oxygen atoms in total. The number of likely N-dealkylation sites (tertiary alicyclic amines) is 1. The molecule has 1 aromatic heterocycles. The lowest BCUT2D eigenvalue weighted by Crippen LogP contribution is -2.40. The van der Waals surface area contributed by atoms with E-state index < -0.39 is 5.97 Å². The number of aliphatic carboxylic acids is 1. The van der Waals surface area contributed by atoms with E-state index >= 15 is 0 Å². The van der Waals surface area contributed by atoms with Gasteiger partial charge in [-0.2, -0.15) is 0 Å². The van der Waals surface area contributed by atoms with Crippen LogP contribution in [0.25, 0.3) is 0 Å². The molecule has 1 saturated heterocycles. The largest absolute Gasteiger partial charge is 0.481 e. The highest BCUT2D eigenvalue weighted by atomic mass is 16.7. The maximum atomic E-state index is 12.6. The summed E-state index contributed by atoms with van der Waals surface area (Å²) >= 11 is 0. The van der Waals surface area contributed by atoms with Crippen molar-refractivity contribution in [3.63, 3.8) is 0 Å². The first-order chi connectivity index (χ1) is 15.6. The first-order valence-corrected chi connectivity index (χ1v) is 11.1. The lowest BCUT2D eigenvalue weighted by atomic mass is 9.78. The highest BCUT2D eigenvalue weighted by Gasteiger charge is 2.31. The fraction of sp³-hybridized carbons (Fsp3) is 0.458. The number of nitrogens with one attached hydrogen (secondary N) is 1. The number of carbonyl (C=O) groups excluding carboxylic acids is 1. The van der Waals surface area contributed by atoms with Crippen molar-refractivity contribution < 1.29 is 24.2 Å². The number of carbonyl (C=O) groups is 2. The van der Waals surface area contributed by atoms with E-state index in [0.717, 1.165) is 30.6 Å². The molecule has 1 atom stereocenters. The molecule has 170 valence electrons. The van der Waals surface area contributed by atoms with Crippen molar-refractivity contribution in [1.29, 1.82) is 0 Å². The SMILES string of the molecule is O=C(O)CC(c1ccc2c(c1)OCO2)C1CCN(C(=O)CCCNc2ccccn2)CC1. The van der Waals surface area contributed by atoms with Gasteiger partial charge in [0.15, 0.2) is 11.5 Å². The summed E-state index contributed by atoms with van der Waals surface area (Å²) in [5, 5.41) is 12.7. The van der Waals surface area contributed by atoms with E-state index in [9.17, 15) is 14.7 Å². The van der Waals surface area contributed by atoms with Gasteiger partial charge < -0.3 is 24.8 Å². The second-order valence-electron chi connectivity index (χ2n) is 8.28. The van der Waals surface area contributed by atoms with Crippen molar-refractivity contribution in [3.8, 4) is 11.5 Å². The molecule has 0 radical (unpaired) electrons. The van der Waals surface area contributed by atoms with Gasteiger partial charge in [0.1, 0.15) is 5.82 Å². The predicted molar refractivity (Wildman–Crippen MR) is 119 cm³/mol. The van der Waals surface area contributed by atoms with Crippen LogP contribution in [0.2, 0.25) is 0 Å². The van der Waals surface area contributed by atoms with Crippen molar-refractivity contribution in [2.45, 2.75) is 38.0 Å². The van der Waals surface area contributed by atoms with Crippen LogP contribution < -0.4 is 14.8 Å². The molecule has 2 aliphatic heterocycles. The molecule has 2 aliphatic rings. The lowest BCUT2D eigenvalue weighted by molar-refractivity contribution is -0.138. The third kappa shape index (κ3) is 5.49. The smallest absolute Gasteiger partial charge is 0.303 e. The Bertz CT molecular complexity index is 928. The standard InChI is InChI=1S/C24H29N3O5/c28-23(5-3-11-26-22-4-1-2-10-25-22)27-12-8-17(9-13-27)19(15-24(29)30)18-6-7-20-21(14-18)32-16-31-20/h1-2,4,6-7,10,14,17,19H,3,5,8-9,11-13,15-16H2,(H,25,26)(H,29,30). The first kappa shape index (κ1) is 21.9. The van der Waals surface area contributed by atoms with E-state index in [1.165, 1.54) is 0 Å². The molecule has 0 aliphatic carbocycles. The Morgan fingerprint density at radius 3 is 2.72 bits per heavy atom. The minimum atomic E-state index is -0.813. The number of hydrogen-bond donors (Lipinski definition) is 2. The molecule has 3 heterocycles. The van der Waals surface area contributed by atoms with Crippen molar-refractivity contribution in [1.82, 2.24) is 9.88 Å². The highest BCUT2D eigenvalue weighted by Crippen LogP contribution is 2.40. The summed E-state index contributed by atoms with van der Waals surface area (Å²) in [5.41, 5.74) is 0.960. The number of piperidine rings is 1. The van der Waals surface area contributed by atoms with Crippen molar-refractivity contribution in [2.24, 2.45) is 5.92 Å².